The van der Waals surface area contributed by atoms with Crippen LogP contribution in [0, 0.1) is 12.8 Å². The van der Waals surface area contributed by atoms with Gasteiger partial charge in [0.15, 0.2) is 0 Å². The Balaban J connectivity index is 1.45. The van der Waals surface area contributed by atoms with E-state index in [1.165, 1.54) is 11.1 Å². The molecule has 1 fully saturated rings. The summed E-state index contributed by atoms with van der Waals surface area (Å²) in [5.41, 5.74) is 4.67. The summed E-state index contributed by atoms with van der Waals surface area (Å²) in [6, 6.07) is 8.50. The molecule has 1 saturated heterocycles. The molecule has 2 atom stereocenters. The fraction of sp³-hybridized carbons (Fsp3) is 0.421. The van der Waals surface area contributed by atoms with Crippen LogP contribution in [-0.2, 0) is 17.8 Å². The fourth-order valence-corrected chi connectivity index (χ4v) is 3.52. The number of aromatic nitrogens is 2. The molecule has 0 bridgehead atoms. The number of hydrogen-bond acceptors (Lipinski definition) is 5. The average Bonchev–Trinajstić information content (AvgIpc) is 3.15. The van der Waals surface area contributed by atoms with Crippen LogP contribution in [0.15, 0.2) is 41.8 Å². The zero-order valence-corrected chi connectivity index (χ0v) is 14.1. The lowest BCUT2D eigenvalue weighted by Crippen LogP contribution is -2.23. The van der Waals surface area contributed by atoms with E-state index in [9.17, 15) is 0 Å². The molecule has 24 heavy (non-hydrogen) atoms. The number of nitrogens with zero attached hydrogens (tertiary/aromatic N) is 4. The van der Waals surface area contributed by atoms with Crippen molar-refractivity contribution in [3.05, 3.63) is 59.2 Å². The second-order valence-corrected chi connectivity index (χ2v) is 6.65. The van der Waals surface area contributed by atoms with Crippen LogP contribution >= 0.6 is 0 Å². The van der Waals surface area contributed by atoms with Crippen molar-refractivity contribution in [2.24, 2.45) is 11.1 Å². The molecule has 0 spiro atoms. The number of fused-ring (bicyclic) bond motifs is 1. The van der Waals surface area contributed by atoms with Crippen molar-refractivity contribution in [1.29, 1.82) is 0 Å². The molecule has 2 aromatic rings. The summed E-state index contributed by atoms with van der Waals surface area (Å²) >= 11 is 0. The third kappa shape index (κ3) is 2.91. The monoisotopic (exact) mass is 322 g/mol. The molecule has 5 heteroatoms. The van der Waals surface area contributed by atoms with E-state index >= 15 is 0 Å². The van der Waals surface area contributed by atoms with Crippen LogP contribution in [0.1, 0.15) is 29.4 Å². The molecular formula is C19H22N4O. The fourth-order valence-electron chi connectivity index (χ4n) is 3.52. The van der Waals surface area contributed by atoms with Crippen molar-refractivity contribution >= 4 is 5.71 Å². The van der Waals surface area contributed by atoms with Crippen LogP contribution in [0.25, 0.3) is 0 Å². The van der Waals surface area contributed by atoms with Crippen LogP contribution in [0.3, 0.4) is 0 Å². The highest BCUT2D eigenvalue weighted by atomic mass is 16.6. The van der Waals surface area contributed by atoms with E-state index in [2.05, 4.69) is 58.1 Å². The van der Waals surface area contributed by atoms with Gasteiger partial charge in [0.2, 0.25) is 0 Å². The van der Waals surface area contributed by atoms with Gasteiger partial charge in [0.1, 0.15) is 11.9 Å². The number of oxime groups is 1. The summed E-state index contributed by atoms with van der Waals surface area (Å²) in [6.45, 7) is 6.91. The van der Waals surface area contributed by atoms with E-state index in [4.69, 9.17) is 4.84 Å². The summed E-state index contributed by atoms with van der Waals surface area (Å²) in [6.07, 6.45) is 4.92. The maximum atomic E-state index is 5.70. The maximum Gasteiger partial charge on any atom is 0.149 e. The van der Waals surface area contributed by atoms with Gasteiger partial charge >= 0.3 is 0 Å². The van der Waals surface area contributed by atoms with Crippen LogP contribution in [0.2, 0.25) is 0 Å². The molecule has 4 rings (SSSR count). The number of rotatable bonds is 4. The molecule has 0 aliphatic carbocycles. The molecule has 2 aliphatic rings. The van der Waals surface area contributed by atoms with Gasteiger partial charge in [-0.25, -0.2) is 9.97 Å². The van der Waals surface area contributed by atoms with Crippen LogP contribution < -0.4 is 0 Å². The average molecular weight is 322 g/mol. The second kappa shape index (κ2) is 6.32. The van der Waals surface area contributed by atoms with E-state index < -0.39 is 0 Å². The zero-order valence-electron chi connectivity index (χ0n) is 14.1. The third-order valence-corrected chi connectivity index (χ3v) is 4.77. The summed E-state index contributed by atoms with van der Waals surface area (Å²) in [7, 11) is 0. The molecule has 2 aliphatic heterocycles. The normalized spacial score (nSPS) is 23.0. The quantitative estimate of drug-likeness (QED) is 0.868. The Kier molecular flexibility index (Phi) is 4.02. The van der Waals surface area contributed by atoms with Gasteiger partial charge in [-0.3, -0.25) is 4.90 Å². The number of hydrogen-bond donors (Lipinski definition) is 0. The van der Waals surface area contributed by atoms with Gasteiger partial charge in [-0.2, -0.15) is 0 Å². The summed E-state index contributed by atoms with van der Waals surface area (Å²) < 4.78 is 0. The first-order valence-electron chi connectivity index (χ1n) is 8.56. The number of likely N-dealkylation sites (tertiary alicyclic amines) is 1. The summed E-state index contributed by atoms with van der Waals surface area (Å²) in [5.74, 6) is 1.25. The zero-order chi connectivity index (χ0) is 16.5. The van der Waals surface area contributed by atoms with E-state index in [0.29, 0.717) is 5.92 Å². The van der Waals surface area contributed by atoms with Gasteiger partial charge in [0, 0.05) is 49.6 Å². The van der Waals surface area contributed by atoms with E-state index in [1.54, 1.807) is 0 Å². The Morgan fingerprint density at radius 2 is 2.04 bits per heavy atom. The van der Waals surface area contributed by atoms with Gasteiger partial charge < -0.3 is 4.84 Å². The lowest BCUT2D eigenvalue weighted by Gasteiger charge is -2.16. The molecule has 1 aromatic carbocycles. The van der Waals surface area contributed by atoms with Crippen molar-refractivity contribution in [3.8, 4) is 0 Å². The molecule has 1 aromatic heterocycles. The first-order valence-corrected chi connectivity index (χ1v) is 8.56. The second-order valence-electron chi connectivity index (χ2n) is 6.65. The van der Waals surface area contributed by atoms with Crippen molar-refractivity contribution in [2.45, 2.75) is 32.9 Å². The topological polar surface area (TPSA) is 50.6 Å². The van der Waals surface area contributed by atoms with Crippen LogP contribution in [0.5, 0.6) is 0 Å². The minimum Gasteiger partial charge on any atom is -0.390 e. The minimum absolute atomic E-state index is 0.163. The van der Waals surface area contributed by atoms with Gasteiger partial charge in [-0.05, 0) is 6.92 Å². The smallest absolute Gasteiger partial charge is 0.149 e. The molecule has 5 nitrogen and oxygen atoms in total. The Bertz CT molecular complexity index is 756. The Morgan fingerprint density at radius 1 is 1.21 bits per heavy atom. The molecular weight excluding hydrogens is 300 g/mol. The standard InChI is InChI=1S/C19H22N4O/c1-3-18-20-8-14(9-21-18)10-23-11-16-17(12-23)24-22-19(16)15-6-4-5-13(2)7-15/h4-9,16-17H,3,10-12H2,1-2H3. The van der Waals surface area contributed by atoms with E-state index in [0.717, 1.165) is 43.2 Å². The molecule has 0 N–H and O–H groups in total. The minimum atomic E-state index is 0.163. The predicted octanol–water partition coefficient (Wildman–Crippen LogP) is 2.58. The van der Waals surface area contributed by atoms with Gasteiger partial charge in [0.25, 0.3) is 0 Å². The van der Waals surface area contributed by atoms with Crippen molar-refractivity contribution < 1.29 is 4.84 Å². The Morgan fingerprint density at radius 3 is 2.79 bits per heavy atom. The predicted molar refractivity (Wildman–Crippen MR) is 92.8 cm³/mol. The van der Waals surface area contributed by atoms with E-state index in [1.807, 2.05) is 12.4 Å². The Hall–Kier alpha value is -2.27. The first-order chi connectivity index (χ1) is 11.7. The highest BCUT2D eigenvalue weighted by Gasteiger charge is 2.42. The van der Waals surface area contributed by atoms with Gasteiger partial charge in [0.05, 0.1) is 11.6 Å². The van der Waals surface area contributed by atoms with Crippen LogP contribution in [-0.4, -0.2) is 39.8 Å². The molecule has 3 heterocycles. The lowest BCUT2D eigenvalue weighted by molar-refractivity contribution is 0.0745. The molecule has 0 radical (unpaired) electrons. The molecule has 2 unspecified atom stereocenters. The van der Waals surface area contributed by atoms with Crippen molar-refractivity contribution in [1.82, 2.24) is 14.9 Å². The highest BCUT2D eigenvalue weighted by molar-refractivity contribution is 6.03. The summed E-state index contributed by atoms with van der Waals surface area (Å²) in [4.78, 5) is 16.9. The van der Waals surface area contributed by atoms with E-state index in [-0.39, 0.29) is 6.10 Å². The summed E-state index contributed by atoms with van der Waals surface area (Å²) in [5, 5.41) is 4.36. The molecule has 0 amide bonds. The first kappa shape index (κ1) is 15.3. The SMILES string of the molecule is CCc1ncc(CN2CC3ON=C(c4cccc(C)c4)C3C2)cn1. The number of aryl methyl sites for hydroxylation is 2. The van der Waals surface area contributed by atoms with Gasteiger partial charge in [-0.1, -0.05) is 41.9 Å². The van der Waals surface area contributed by atoms with Crippen molar-refractivity contribution in [3.63, 3.8) is 0 Å². The molecule has 124 valence electrons. The largest absolute Gasteiger partial charge is 0.390 e. The highest BCUT2D eigenvalue weighted by Crippen LogP contribution is 2.31. The van der Waals surface area contributed by atoms with Crippen LogP contribution in [0.4, 0.5) is 0 Å². The maximum absolute atomic E-state index is 5.70. The Labute approximate surface area is 142 Å². The lowest BCUT2D eigenvalue weighted by atomic mass is 9.94. The van der Waals surface area contributed by atoms with Gasteiger partial charge in [-0.15, -0.1) is 0 Å². The number of benzene rings is 1. The third-order valence-electron chi connectivity index (χ3n) is 4.77. The molecule has 0 saturated carbocycles. The van der Waals surface area contributed by atoms with Crippen molar-refractivity contribution in [2.75, 3.05) is 13.1 Å².